The molecular formula is C18H16ClN3O2. The molecule has 5 nitrogen and oxygen atoms in total. The van der Waals surface area contributed by atoms with E-state index in [1.165, 1.54) is 4.57 Å². The lowest BCUT2D eigenvalue weighted by atomic mass is 10.1. The third-order valence-electron chi connectivity index (χ3n) is 3.89. The van der Waals surface area contributed by atoms with Gasteiger partial charge in [0.05, 0.1) is 17.3 Å². The third kappa shape index (κ3) is 3.03. The summed E-state index contributed by atoms with van der Waals surface area (Å²) in [7, 11) is 3.30. The molecule has 0 aliphatic rings. The molecule has 3 aromatic rings. The van der Waals surface area contributed by atoms with Gasteiger partial charge in [-0.3, -0.25) is 14.2 Å². The lowest BCUT2D eigenvalue weighted by molar-refractivity contribution is -0.119. The van der Waals surface area contributed by atoms with Gasteiger partial charge in [-0.05, 0) is 23.8 Å². The number of hydrogen-bond donors (Lipinski definition) is 1. The van der Waals surface area contributed by atoms with Crippen molar-refractivity contribution in [1.29, 1.82) is 0 Å². The highest BCUT2D eigenvalue weighted by atomic mass is 35.5. The maximum atomic E-state index is 12.5. The Labute approximate surface area is 143 Å². The molecule has 0 saturated carbocycles. The molecule has 0 radical (unpaired) electrons. The average molecular weight is 342 g/mol. The van der Waals surface area contributed by atoms with Crippen molar-refractivity contribution in [1.82, 2.24) is 14.9 Å². The largest absolute Gasteiger partial charge is 0.359 e. The van der Waals surface area contributed by atoms with Crippen LogP contribution in [0.2, 0.25) is 5.02 Å². The van der Waals surface area contributed by atoms with Crippen LogP contribution in [0.5, 0.6) is 0 Å². The van der Waals surface area contributed by atoms with E-state index in [-0.39, 0.29) is 11.5 Å². The maximum Gasteiger partial charge on any atom is 0.261 e. The first-order valence-electron chi connectivity index (χ1n) is 7.46. The molecule has 1 aromatic heterocycles. The zero-order chi connectivity index (χ0) is 17.3. The highest BCUT2D eigenvalue weighted by Gasteiger charge is 2.11. The van der Waals surface area contributed by atoms with Gasteiger partial charge < -0.3 is 5.32 Å². The van der Waals surface area contributed by atoms with Crippen LogP contribution in [0, 0.1) is 0 Å². The number of nitrogens with one attached hydrogen (secondary N) is 1. The van der Waals surface area contributed by atoms with Gasteiger partial charge in [0.25, 0.3) is 5.56 Å². The number of likely N-dealkylation sites (N-methyl/N-ethyl adjacent to an activating group) is 1. The van der Waals surface area contributed by atoms with Crippen LogP contribution < -0.4 is 10.9 Å². The van der Waals surface area contributed by atoms with E-state index in [0.717, 1.165) is 11.1 Å². The van der Waals surface area contributed by atoms with Gasteiger partial charge in [0.1, 0.15) is 5.82 Å². The van der Waals surface area contributed by atoms with Gasteiger partial charge in [-0.25, -0.2) is 4.98 Å². The Hall–Kier alpha value is -2.66. The van der Waals surface area contributed by atoms with Crippen molar-refractivity contribution in [2.75, 3.05) is 7.05 Å². The second-order valence-electron chi connectivity index (χ2n) is 5.51. The fourth-order valence-corrected chi connectivity index (χ4v) is 2.71. The van der Waals surface area contributed by atoms with Gasteiger partial charge in [0.2, 0.25) is 5.91 Å². The molecule has 0 aliphatic heterocycles. The van der Waals surface area contributed by atoms with Crippen molar-refractivity contribution < 1.29 is 4.79 Å². The summed E-state index contributed by atoms with van der Waals surface area (Å²) < 4.78 is 1.52. The van der Waals surface area contributed by atoms with Crippen LogP contribution in [0.1, 0.15) is 5.56 Å². The number of rotatable bonds is 3. The number of carbonyl (C=O) groups excluding carboxylic acids is 1. The molecule has 3 rings (SSSR count). The van der Waals surface area contributed by atoms with Gasteiger partial charge in [-0.15, -0.1) is 0 Å². The number of fused-ring (bicyclic) bond motifs is 1. The van der Waals surface area contributed by atoms with E-state index < -0.39 is 0 Å². The molecule has 0 aliphatic carbocycles. The third-order valence-corrected chi connectivity index (χ3v) is 4.13. The van der Waals surface area contributed by atoms with Gasteiger partial charge in [-0.2, -0.15) is 0 Å². The number of carbonyl (C=O) groups is 1. The van der Waals surface area contributed by atoms with Crippen LogP contribution in [-0.4, -0.2) is 22.5 Å². The Morgan fingerprint density at radius 1 is 1.21 bits per heavy atom. The molecule has 6 heteroatoms. The Bertz CT molecular complexity index is 978. The van der Waals surface area contributed by atoms with Crippen molar-refractivity contribution in [3.63, 3.8) is 0 Å². The Morgan fingerprint density at radius 3 is 2.58 bits per heavy atom. The van der Waals surface area contributed by atoms with Gasteiger partial charge in [-0.1, -0.05) is 35.9 Å². The molecule has 0 saturated heterocycles. The number of aromatic nitrogens is 2. The van der Waals surface area contributed by atoms with E-state index >= 15 is 0 Å². The predicted molar refractivity (Wildman–Crippen MR) is 95.2 cm³/mol. The lowest BCUT2D eigenvalue weighted by Crippen LogP contribution is -2.20. The van der Waals surface area contributed by atoms with E-state index in [0.29, 0.717) is 28.2 Å². The minimum Gasteiger partial charge on any atom is -0.359 e. The van der Waals surface area contributed by atoms with Crippen molar-refractivity contribution in [3.8, 4) is 11.4 Å². The topological polar surface area (TPSA) is 64.0 Å². The summed E-state index contributed by atoms with van der Waals surface area (Å²) in [6, 6.07) is 12.5. The number of halogens is 1. The summed E-state index contributed by atoms with van der Waals surface area (Å²) in [5.74, 6) is 0.509. The molecule has 1 heterocycles. The fraction of sp³-hybridized carbons (Fsp3) is 0.167. The zero-order valence-electron chi connectivity index (χ0n) is 13.3. The molecule has 2 aromatic carbocycles. The van der Waals surface area contributed by atoms with Crippen LogP contribution in [0.3, 0.4) is 0 Å². The molecule has 0 fully saturated rings. The first-order valence-corrected chi connectivity index (χ1v) is 7.83. The quantitative estimate of drug-likeness (QED) is 0.796. The van der Waals surface area contributed by atoms with Gasteiger partial charge in [0, 0.05) is 24.7 Å². The van der Waals surface area contributed by atoms with Crippen LogP contribution in [0.4, 0.5) is 0 Å². The Kier molecular flexibility index (Phi) is 4.36. The van der Waals surface area contributed by atoms with Gasteiger partial charge in [0.15, 0.2) is 0 Å². The molecule has 0 bridgehead atoms. The molecule has 1 amide bonds. The molecule has 0 unspecified atom stereocenters. The monoisotopic (exact) mass is 341 g/mol. The zero-order valence-corrected chi connectivity index (χ0v) is 14.1. The Balaban J connectivity index is 2.07. The second-order valence-corrected chi connectivity index (χ2v) is 5.94. The molecule has 1 N–H and O–H groups in total. The highest BCUT2D eigenvalue weighted by Crippen LogP contribution is 2.21. The standard InChI is InChI=1S/C18H16ClN3O2/c1-20-16(23)9-11-3-5-12(6-4-11)17-21-15-10-13(19)7-8-14(15)18(24)22(17)2/h3-8,10H,9H2,1-2H3,(H,20,23). The summed E-state index contributed by atoms with van der Waals surface area (Å²) in [5, 5.41) is 3.66. The van der Waals surface area contributed by atoms with E-state index in [4.69, 9.17) is 11.6 Å². The summed E-state index contributed by atoms with van der Waals surface area (Å²) in [5.41, 5.74) is 2.14. The number of amides is 1. The van der Waals surface area contributed by atoms with Crippen LogP contribution in [0.25, 0.3) is 22.3 Å². The summed E-state index contributed by atoms with van der Waals surface area (Å²) in [6.07, 6.45) is 0.316. The normalized spacial score (nSPS) is 10.8. The SMILES string of the molecule is CNC(=O)Cc1ccc(-c2nc3cc(Cl)ccc3c(=O)n2C)cc1. The Morgan fingerprint density at radius 2 is 1.92 bits per heavy atom. The first kappa shape index (κ1) is 16.2. The maximum absolute atomic E-state index is 12.5. The van der Waals surface area contributed by atoms with Crippen molar-refractivity contribution in [2.24, 2.45) is 7.05 Å². The highest BCUT2D eigenvalue weighted by molar-refractivity contribution is 6.31. The van der Waals surface area contributed by atoms with Crippen LogP contribution >= 0.6 is 11.6 Å². The number of nitrogens with zero attached hydrogens (tertiary/aromatic N) is 2. The van der Waals surface area contributed by atoms with Crippen molar-refractivity contribution in [2.45, 2.75) is 6.42 Å². The minimum atomic E-state index is -0.124. The smallest absolute Gasteiger partial charge is 0.261 e. The summed E-state index contributed by atoms with van der Waals surface area (Å²) in [4.78, 5) is 28.5. The predicted octanol–water partition coefficient (Wildman–Crippen LogP) is 2.54. The van der Waals surface area contributed by atoms with Crippen LogP contribution in [-0.2, 0) is 18.3 Å². The van der Waals surface area contributed by atoms with Crippen molar-refractivity contribution >= 4 is 28.4 Å². The van der Waals surface area contributed by atoms with Crippen LogP contribution in [0.15, 0.2) is 47.3 Å². The second kappa shape index (κ2) is 6.45. The van der Waals surface area contributed by atoms with E-state index in [9.17, 15) is 9.59 Å². The molecular weight excluding hydrogens is 326 g/mol. The molecule has 122 valence electrons. The van der Waals surface area contributed by atoms with E-state index in [1.807, 2.05) is 24.3 Å². The first-order chi connectivity index (χ1) is 11.5. The van der Waals surface area contributed by atoms with E-state index in [2.05, 4.69) is 10.3 Å². The lowest BCUT2D eigenvalue weighted by Gasteiger charge is -2.10. The number of benzene rings is 2. The van der Waals surface area contributed by atoms with Crippen molar-refractivity contribution in [3.05, 3.63) is 63.4 Å². The van der Waals surface area contributed by atoms with Gasteiger partial charge >= 0.3 is 0 Å². The molecule has 0 atom stereocenters. The molecule has 24 heavy (non-hydrogen) atoms. The number of hydrogen-bond acceptors (Lipinski definition) is 3. The minimum absolute atomic E-state index is 0.0476. The summed E-state index contributed by atoms with van der Waals surface area (Å²) >= 11 is 6.01. The molecule has 0 spiro atoms. The van der Waals surface area contributed by atoms with E-state index in [1.54, 1.807) is 32.3 Å². The summed E-state index contributed by atoms with van der Waals surface area (Å²) in [6.45, 7) is 0. The average Bonchev–Trinajstić information content (AvgIpc) is 2.58. The fourth-order valence-electron chi connectivity index (χ4n) is 2.55.